The first-order chi connectivity index (χ1) is 13.4. The summed E-state index contributed by atoms with van der Waals surface area (Å²) in [5.41, 5.74) is 5.45. The van der Waals surface area contributed by atoms with E-state index in [0.29, 0.717) is 11.0 Å². The molecule has 0 radical (unpaired) electrons. The van der Waals surface area contributed by atoms with Gasteiger partial charge in [0.25, 0.3) is 5.56 Å². The Morgan fingerprint density at radius 3 is 2.17 bits per heavy atom. The van der Waals surface area contributed by atoms with E-state index in [0.717, 1.165) is 0 Å². The largest absolute Gasteiger partial charge is 0.811 e. The maximum Gasteiger partial charge on any atom is 0.261 e. The molecule has 0 atom stereocenters. The zero-order chi connectivity index (χ0) is 21.7. The number of rotatable bonds is 12. The average Bonchev–Trinajstić information content (AvgIpc) is 2.96. The number of fused-ring (bicyclic) bond motifs is 1. The van der Waals surface area contributed by atoms with Gasteiger partial charge >= 0.3 is 0 Å². The van der Waals surface area contributed by atoms with Gasteiger partial charge in [-0.2, -0.15) is 4.98 Å². The Balaban J connectivity index is 2.04. The molecular weight excluding hydrogens is 430 g/mol. The van der Waals surface area contributed by atoms with E-state index in [-0.39, 0.29) is 38.9 Å². The summed E-state index contributed by atoms with van der Waals surface area (Å²) in [6.07, 6.45) is 0.248. The molecule has 13 nitrogen and oxygen atoms in total. The van der Waals surface area contributed by atoms with E-state index in [9.17, 15) is 33.5 Å². The molecule has 0 saturated carbocycles. The Morgan fingerprint density at radius 2 is 1.66 bits per heavy atom. The molecule has 29 heavy (non-hydrogen) atoms. The Bertz CT molecular complexity index is 934. The second kappa shape index (κ2) is 9.96. The van der Waals surface area contributed by atoms with E-state index in [1.807, 2.05) is 0 Å². The van der Waals surface area contributed by atoms with Crippen LogP contribution in [0.15, 0.2) is 17.1 Å². The van der Waals surface area contributed by atoms with Crippen LogP contribution >= 0.6 is 15.2 Å². The number of nitrogen functional groups attached to an aromatic ring is 1. The Kier molecular flexibility index (Phi) is 8.15. The molecule has 3 N–H and O–H groups in total. The van der Waals surface area contributed by atoms with Gasteiger partial charge in [0.2, 0.25) is 5.95 Å². The predicted molar refractivity (Wildman–Crippen MR) is 94.8 cm³/mol. The molecule has 2 rings (SSSR count). The highest BCUT2D eigenvalue weighted by atomic mass is 31.2. The third kappa shape index (κ3) is 8.37. The van der Waals surface area contributed by atoms with Crippen LogP contribution in [0, 0.1) is 5.92 Å². The van der Waals surface area contributed by atoms with Crippen molar-refractivity contribution in [1.82, 2.24) is 14.5 Å². The van der Waals surface area contributed by atoms with Crippen molar-refractivity contribution in [2.45, 2.75) is 6.54 Å². The van der Waals surface area contributed by atoms with E-state index < -0.39 is 39.0 Å². The standard InChI is InChI=1S/C14H24N4O9P2/c15-14-16-12-11(13(19)17-14)1-2-18(12)7-10(8-26-3-5-28(20,21)22)9-27-4-6-29(23,24)25/h1-2,10H,3-9H2,(H2,20,21,22)(H2,23,24,25)(H3,15,16,17,19)/p-4. The number of hydrogen-bond donors (Lipinski definition) is 2. The molecule has 2 aromatic heterocycles. The van der Waals surface area contributed by atoms with Crippen LogP contribution in [-0.4, -0.2) is 53.3 Å². The van der Waals surface area contributed by atoms with Crippen molar-refractivity contribution >= 4 is 32.2 Å². The van der Waals surface area contributed by atoms with Crippen molar-refractivity contribution in [3.63, 3.8) is 0 Å². The topological polar surface area (TPSA) is 222 Å². The molecule has 0 amide bonds. The van der Waals surface area contributed by atoms with Gasteiger partial charge < -0.3 is 48.5 Å². The van der Waals surface area contributed by atoms with Crippen molar-refractivity contribution in [2.75, 3.05) is 44.5 Å². The van der Waals surface area contributed by atoms with Gasteiger partial charge in [-0.1, -0.05) is 15.2 Å². The minimum absolute atomic E-state index is 0.0231. The lowest BCUT2D eigenvalue weighted by Gasteiger charge is -2.30. The SMILES string of the molecule is Nc1nc2c(ccn2CC(COCCP(=O)([O-])[O-])COCCP(=O)([O-])[O-])c(=O)[nH]1. The van der Waals surface area contributed by atoms with Gasteiger partial charge in [-0.15, -0.1) is 0 Å². The van der Waals surface area contributed by atoms with Gasteiger partial charge in [0.15, 0.2) is 0 Å². The Labute approximate surface area is 165 Å². The smallest absolute Gasteiger partial charge is 0.261 e. The maximum atomic E-state index is 11.9. The lowest BCUT2D eigenvalue weighted by atomic mass is 10.2. The average molecular weight is 450 g/mol. The molecule has 0 fully saturated rings. The van der Waals surface area contributed by atoms with Crippen molar-refractivity contribution in [2.24, 2.45) is 5.92 Å². The van der Waals surface area contributed by atoms with E-state index in [1.54, 1.807) is 10.8 Å². The molecule has 0 spiro atoms. The van der Waals surface area contributed by atoms with E-state index in [2.05, 4.69) is 9.97 Å². The van der Waals surface area contributed by atoms with Crippen molar-refractivity contribution in [3.05, 3.63) is 22.6 Å². The van der Waals surface area contributed by atoms with Crippen molar-refractivity contribution in [1.29, 1.82) is 0 Å². The number of aromatic amines is 1. The second-order valence-corrected chi connectivity index (χ2v) is 9.68. The summed E-state index contributed by atoms with van der Waals surface area (Å²) in [4.78, 5) is 61.0. The molecule has 2 aromatic rings. The molecule has 0 unspecified atom stereocenters. The van der Waals surface area contributed by atoms with Gasteiger partial charge in [0, 0.05) is 18.7 Å². The first-order valence-electron chi connectivity index (χ1n) is 8.47. The summed E-state index contributed by atoms with van der Waals surface area (Å²) in [6, 6.07) is 1.54. The number of ether oxygens (including phenoxy) is 2. The normalized spacial score (nSPS) is 12.9. The van der Waals surface area contributed by atoms with Crippen LogP contribution < -0.4 is 30.9 Å². The van der Waals surface area contributed by atoms with Gasteiger partial charge in [-0.05, 0) is 18.4 Å². The van der Waals surface area contributed by atoms with Crippen molar-refractivity contribution in [3.8, 4) is 0 Å². The number of H-pyrrole nitrogens is 1. The number of hydrogen-bond acceptors (Lipinski definition) is 11. The first-order valence-corrected chi connectivity index (χ1v) is 11.9. The van der Waals surface area contributed by atoms with Crippen LogP contribution in [-0.2, 0) is 25.1 Å². The highest BCUT2D eigenvalue weighted by Gasteiger charge is 2.15. The Hall–Kier alpha value is -1.56. The van der Waals surface area contributed by atoms with Crippen LogP contribution in [0.1, 0.15) is 0 Å². The summed E-state index contributed by atoms with van der Waals surface area (Å²) >= 11 is 0. The number of nitrogens with zero attached hydrogens (tertiary/aromatic N) is 2. The quantitative estimate of drug-likeness (QED) is 0.242. The molecular formula is C14H20N4O9P2-4. The summed E-state index contributed by atoms with van der Waals surface area (Å²) < 4.78 is 33.4. The summed E-state index contributed by atoms with van der Waals surface area (Å²) in [5, 5.41) is 0.303. The summed E-state index contributed by atoms with van der Waals surface area (Å²) in [6.45, 7) is -0.462. The van der Waals surface area contributed by atoms with Crippen molar-refractivity contribution < 1.29 is 38.2 Å². The lowest BCUT2D eigenvalue weighted by molar-refractivity contribution is -0.315. The zero-order valence-electron chi connectivity index (χ0n) is 15.2. The lowest BCUT2D eigenvalue weighted by Crippen LogP contribution is -2.26. The van der Waals surface area contributed by atoms with Gasteiger partial charge in [0.1, 0.15) is 5.65 Å². The number of nitrogens with two attached hydrogens (primary N) is 1. The zero-order valence-corrected chi connectivity index (χ0v) is 17.0. The third-order valence-electron chi connectivity index (χ3n) is 3.83. The number of anilines is 1. The maximum absolute atomic E-state index is 11.9. The van der Waals surface area contributed by atoms with E-state index in [1.165, 1.54) is 6.07 Å². The monoisotopic (exact) mass is 450 g/mol. The van der Waals surface area contributed by atoms with E-state index in [4.69, 9.17) is 15.2 Å². The minimum atomic E-state index is -4.69. The minimum Gasteiger partial charge on any atom is -0.811 e. The third-order valence-corrected chi connectivity index (χ3v) is 5.29. The molecule has 2 heterocycles. The van der Waals surface area contributed by atoms with Crippen LogP contribution in [0.25, 0.3) is 11.0 Å². The van der Waals surface area contributed by atoms with Crippen LogP contribution in [0.4, 0.5) is 5.95 Å². The summed E-state index contributed by atoms with van der Waals surface area (Å²) in [5.74, 6) is -0.502. The molecule has 0 aliphatic rings. The molecule has 15 heteroatoms. The van der Waals surface area contributed by atoms with Gasteiger partial charge in [0.05, 0.1) is 31.8 Å². The first kappa shape index (κ1) is 23.7. The second-order valence-electron chi connectivity index (χ2n) is 6.34. The van der Waals surface area contributed by atoms with Crippen LogP contribution in [0.3, 0.4) is 0 Å². The van der Waals surface area contributed by atoms with Gasteiger partial charge in [-0.3, -0.25) is 9.78 Å². The fraction of sp³-hybridized carbons (Fsp3) is 0.571. The fourth-order valence-corrected chi connectivity index (χ4v) is 3.23. The summed E-state index contributed by atoms with van der Waals surface area (Å²) in [7, 11) is -9.39. The highest BCUT2D eigenvalue weighted by Crippen LogP contribution is 2.23. The van der Waals surface area contributed by atoms with Crippen LogP contribution in [0.2, 0.25) is 0 Å². The molecule has 0 bridgehead atoms. The van der Waals surface area contributed by atoms with Crippen LogP contribution in [0.5, 0.6) is 0 Å². The molecule has 0 aliphatic carbocycles. The van der Waals surface area contributed by atoms with Gasteiger partial charge in [-0.25, -0.2) is 0 Å². The molecule has 0 aromatic carbocycles. The molecule has 0 saturated heterocycles. The van der Waals surface area contributed by atoms with E-state index >= 15 is 0 Å². The molecule has 164 valence electrons. The highest BCUT2D eigenvalue weighted by molar-refractivity contribution is 7.49. The number of aromatic nitrogens is 3. The predicted octanol–water partition coefficient (Wildman–Crippen LogP) is -3.22. The Morgan fingerprint density at radius 1 is 1.10 bits per heavy atom. The molecule has 0 aliphatic heterocycles. The number of nitrogens with one attached hydrogen (secondary N) is 1. The fourth-order valence-electron chi connectivity index (χ4n) is 2.52.